The second-order valence-corrected chi connectivity index (χ2v) is 29.6. The number of hydrogen-bond donors (Lipinski definition) is 1. The largest absolute Gasteiger partial charge is 0.497 e. The van der Waals surface area contributed by atoms with Gasteiger partial charge in [0.15, 0.2) is 28.1 Å². The number of rotatable bonds is 25. The van der Waals surface area contributed by atoms with E-state index < -0.39 is 28.3 Å². The summed E-state index contributed by atoms with van der Waals surface area (Å²) in [5.74, 6) is 2.74. The van der Waals surface area contributed by atoms with E-state index in [0.29, 0.717) is 50.6 Å². The molecule has 4 aromatic rings. The Morgan fingerprint density at radius 1 is 0.600 bits per heavy atom. The molecule has 0 unspecified atom stereocenters. The molecule has 358 valence electrons. The van der Waals surface area contributed by atoms with Crippen molar-refractivity contribution in [2.24, 2.45) is 5.92 Å². The van der Waals surface area contributed by atoms with Crippen molar-refractivity contribution in [2.75, 3.05) is 41.7 Å². The quantitative estimate of drug-likeness (QED) is 0.0302. The predicted molar refractivity (Wildman–Crippen MR) is 270 cm³/mol. The van der Waals surface area contributed by atoms with Crippen molar-refractivity contribution in [3.05, 3.63) is 131 Å². The van der Waals surface area contributed by atoms with E-state index in [4.69, 9.17) is 37.3 Å². The second kappa shape index (κ2) is 23.7. The molecular formula is C54H80O9Si2. The van der Waals surface area contributed by atoms with Crippen LogP contribution in [0.1, 0.15) is 90.0 Å². The van der Waals surface area contributed by atoms with Gasteiger partial charge in [-0.2, -0.15) is 0 Å². The lowest BCUT2D eigenvalue weighted by Crippen LogP contribution is -2.47. The second-order valence-electron chi connectivity index (χ2n) is 20.1. The molecular weight excluding hydrogens is 849 g/mol. The van der Waals surface area contributed by atoms with Crippen LogP contribution in [0.25, 0.3) is 0 Å². The van der Waals surface area contributed by atoms with E-state index in [-0.39, 0.29) is 28.2 Å². The lowest BCUT2D eigenvalue weighted by Gasteiger charge is -2.41. The van der Waals surface area contributed by atoms with Gasteiger partial charge in [0.1, 0.15) is 17.1 Å². The molecule has 11 heteroatoms. The fraction of sp³-hybridized carbons (Fsp3) is 0.519. The first kappa shape index (κ1) is 53.7. The van der Waals surface area contributed by atoms with Crippen molar-refractivity contribution in [1.29, 1.82) is 0 Å². The normalized spacial score (nSPS) is 14.8. The molecule has 4 rings (SSSR count). The van der Waals surface area contributed by atoms with Crippen LogP contribution < -0.4 is 18.9 Å². The fourth-order valence-corrected chi connectivity index (χ4v) is 10.1. The van der Waals surface area contributed by atoms with Crippen molar-refractivity contribution in [3.63, 3.8) is 0 Å². The van der Waals surface area contributed by atoms with Gasteiger partial charge in [-0.1, -0.05) is 121 Å². The summed E-state index contributed by atoms with van der Waals surface area (Å²) in [6.07, 6.45) is 4.85. The average Bonchev–Trinajstić information content (AvgIpc) is 3.27. The molecule has 0 aliphatic heterocycles. The van der Waals surface area contributed by atoms with Crippen LogP contribution in [0, 0.1) is 5.92 Å². The molecule has 0 aromatic heterocycles. The summed E-state index contributed by atoms with van der Waals surface area (Å²) in [6, 6.07) is 32.4. The Kier molecular flexibility index (Phi) is 19.5. The van der Waals surface area contributed by atoms with E-state index >= 15 is 0 Å². The molecule has 0 amide bonds. The Morgan fingerprint density at radius 2 is 1.12 bits per heavy atom. The first-order chi connectivity index (χ1) is 30.6. The molecule has 0 bridgehead atoms. The summed E-state index contributed by atoms with van der Waals surface area (Å²) in [6.45, 7) is 26.0. The molecule has 0 heterocycles. The van der Waals surface area contributed by atoms with Gasteiger partial charge in [-0.3, -0.25) is 0 Å². The molecule has 0 aliphatic carbocycles. The molecule has 9 nitrogen and oxygen atoms in total. The van der Waals surface area contributed by atoms with Crippen LogP contribution in [-0.2, 0) is 30.5 Å². The minimum Gasteiger partial charge on any atom is -0.497 e. The number of aliphatic hydroxyl groups excluding tert-OH is 1. The van der Waals surface area contributed by atoms with Crippen molar-refractivity contribution >= 4 is 16.6 Å². The highest BCUT2D eigenvalue weighted by molar-refractivity contribution is 6.74. The Labute approximate surface area is 394 Å². The number of hydrogen-bond acceptors (Lipinski definition) is 9. The summed E-state index contributed by atoms with van der Waals surface area (Å²) >= 11 is 0. The molecule has 4 aromatic carbocycles. The summed E-state index contributed by atoms with van der Waals surface area (Å²) in [4.78, 5) is 0. The summed E-state index contributed by atoms with van der Waals surface area (Å²) in [7, 11) is 2.20. The van der Waals surface area contributed by atoms with E-state index in [9.17, 15) is 5.11 Å². The van der Waals surface area contributed by atoms with Gasteiger partial charge < -0.3 is 42.4 Å². The zero-order valence-corrected chi connectivity index (χ0v) is 44.2. The Balaban J connectivity index is 1.58. The van der Waals surface area contributed by atoms with Crippen LogP contribution in [0.15, 0.2) is 109 Å². The highest BCUT2D eigenvalue weighted by Gasteiger charge is 2.42. The maximum absolute atomic E-state index is 11.9. The van der Waals surface area contributed by atoms with Crippen LogP contribution in [0.2, 0.25) is 36.3 Å². The maximum Gasteiger partial charge on any atom is 0.192 e. The molecule has 0 saturated heterocycles. The van der Waals surface area contributed by atoms with E-state index in [1.807, 2.05) is 60.7 Å². The topological polar surface area (TPSA) is 94.1 Å². The van der Waals surface area contributed by atoms with Gasteiger partial charge in [0.05, 0.1) is 60.0 Å². The lowest BCUT2D eigenvalue weighted by atomic mass is 9.80. The molecule has 0 saturated carbocycles. The Morgan fingerprint density at radius 3 is 1.63 bits per heavy atom. The molecule has 65 heavy (non-hydrogen) atoms. The third kappa shape index (κ3) is 14.3. The molecule has 1 N–H and O–H groups in total. The van der Waals surface area contributed by atoms with Gasteiger partial charge in [-0.05, 0) is 114 Å². The summed E-state index contributed by atoms with van der Waals surface area (Å²) < 4.78 is 49.7. The van der Waals surface area contributed by atoms with Gasteiger partial charge in [0, 0.05) is 12.5 Å². The Hall–Kier alpha value is -3.95. The van der Waals surface area contributed by atoms with Crippen LogP contribution in [0.3, 0.4) is 0 Å². The minimum atomic E-state index is -2.23. The van der Waals surface area contributed by atoms with E-state index in [1.54, 1.807) is 28.4 Å². The van der Waals surface area contributed by atoms with Crippen molar-refractivity contribution in [3.8, 4) is 23.0 Å². The third-order valence-corrected chi connectivity index (χ3v) is 22.6. The van der Waals surface area contributed by atoms with Gasteiger partial charge in [0.25, 0.3) is 0 Å². The van der Waals surface area contributed by atoms with Gasteiger partial charge >= 0.3 is 0 Å². The molecule has 0 fully saturated rings. The smallest absolute Gasteiger partial charge is 0.192 e. The van der Waals surface area contributed by atoms with Gasteiger partial charge in [-0.15, -0.1) is 0 Å². The van der Waals surface area contributed by atoms with E-state index in [0.717, 1.165) is 33.8 Å². The zero-order chi connectivity index (χ0) is 48.1. The Bertz CT molecular complexity index is 1990. The number of benzene rings is 4. The van der Waals surface area contributed by atoms with Crippen molar-refractivity contribution < 1.29 is 42.4 Å². The fourth-order valence-electron chi connectivity index (χ4n) is 7.33. The monoisotopic (exact) mass is 929 g/mol. The highest BCUT2D eigenvalue weighted by Crippen LogP contribution is 2.43. The summed E-state index contributed by atoms with van der Waals surface area (Å²) in [5.41, 5.74) is 3.01. The first-order valence-electron chi connectivity index (χ1n) is 23.1. The predicted octanol–water partition coefficient (Wildman–Crippen LogP) is 12.8. The number of methoxy groups -OCH3 is 4. The van der Waals surface area contributed by atoms with E-state index in [1.165, 1.54) is 0 Å². The zero-order valence-electron chi connectivity index (χ0n) is 42.2. The van der Waals surface area contributed by atoms with Crippen molar-refractivity contribution in [2.45, 2.75) is 135 Å². The lowest BCUT2D eigenvalue weighted by molar-refractivity contribution is 0.000729. The number of ether oxygens (including phenoxy) is 6. The van der Waals surface area contributed by atoms with Crippen LogP contribution >= 0.6 is 0 Å². The van der Waals surface area contributed by atoms with Crippen LogP contribution in [0.5, 0.6) is 23.0 Å². The highest BCUT2D eigenvalue weighted by atomic mass is 28.4. The molecule has 0 aliphatic rings. The third-order valence-electron chi connectivity index (χ3n) is 13.6. The van der Waals surface area contributed by atoms with Gasteiger partial charge in [-0.25, -0.2) is 0 Å². The molecule has 0 radical (unpaired) electrons. The van der Waals surface area contributed by atoms with Crippen molar-refractivity contribution in [1.82, 2.24) is 0 Å². The minimum absolute atomic E-state index is 0.00551. The van der Waals surface area contributed by atoms with Gasteiger partial charge in [0.2, 0.25) is 0 Å². The maximum atomic E-state index is 11.9. The van der Waals surface area contributed by atoms with E-state index in [2.05, 4.69) is 123 Å². The van der Waals surface area contributed by atoms with Crippen LogP contribution in [-0.4, -0.2) is 81.7 Å². The molecule has 4 atom stereocenters. The summed E-state index contributed by atoms with van der Waals surface area (Å²) in [5, 5.41) is 11.9. The first-order valence-corrected chi connectivity index (χ1v) is 28.9. The molecule has 0 spiro atoms. The van der Waals surface area contributed by atoms with Crippen LogP contribution in [0.4, 0.5) is 0 Å². The average molecular weight is 929 g/mol. The number of aliphatic hydroxyl groups is 1. The SMILES string of the molecule is COc1ccc(C(OCC[C@H](/C=C\C[C@@H](O)[C@H](C)[C@H](CCOCc2ccc(OC)c(OC)c2)O[Si](C)(C)C(C)(C)C)O[Si](C)(C)C(C)(C)C)(c2ccccc2)c2ccc(OC)cc2)cc1. The standard InChI is InChI=1S/C54H80O9Si2/c1-40(49(63-65(14,15)53(5,6)7)35-36-60-39-41-24-33-50(58-10)51(38-41)59-11)48(55)23-19-22-47(62-64(12,13)52(2,3)4)34-37-61-54(42-20-17-16-18-21-42,43-25-29-45(56-8)30-26-43)44-27-31-46(57-9)32-28-44/h16-22,24-33,38,40,47-49,55H,23,34-37,39H2,1-15H3/b22-19-/t40-,47-,48+,49-/m0/s1.